The van der Waals surface area contributed by atoms with Gasteiger partial charge in [-0.1, -0.05) is 12.1 Å². The molecule has 0 saturated heterocycles. The van der Waals surface area contributed by atoms with Gasteiger partial charge in [0.2, 0.25) is 0 Å². The smallest absolute Gasteiger partial charge is 0.168 e. The second-order valence-electron chi connectivity index (χ2n) is 6.09. The highest BCUT2D eigenvalue weighted by molar-refractivity contribution is 8.32. The Hall–Kier alpha value is -2.10. The van der Waals surface area contributed by atoms with Crippen molar-refractivity contribution in [3.63, 3.8) is 0 Å². The monoisotopic (exact) mass is 331 g/mol. The molecule has 0 atom stereocenters. The molecular formula is C17H21N3O2S. The van der Waals surface area contributed by atoms with E-state index in [2.05, 4.69) is 29.8 Å². The van der Waals surface area contributed by atoms with Crippen LogP contribution in [0.1, 0.15) is 16.1 Å². The van der Waals surface area contributed by atoms with Crippen LogP contribution in [0.15, 0.2) is 30.6 Å². The third-order valence-electron chi connectivity index (χ3n) is 3.35. The van der Waals surface area contributed by atoms with Crippen LogP contribution in [0.3, 0.4) is 0 Å². The molecule has 1 heterocycles. The predicted molar refractivity (Wildman–Crippen MR) is 93.9 cm³/mol. The highest BCUT2D eigenvalue weighted by Crippen LogP contribution is 2.33. The number of benzene rings is 1. The van der Waals surface area contributed by atoms with E-state index in [4.69, 9.17) is 10.00 Å². The van der Waals surface area contributed by atoms with Crippen molar-refractivity contribution in [2.45, 2.75) is 6.73 Å². The van der Waals surface area contributed by atoms with E-state index < -0.39 is 10.0 Å². The summed E-state index contributed by atoms with van der Waals surface area (Å²) in [6.07, 6.45) is 9.13. The lowest BCUT2D eigenvalue weighted by Gasteiger charge is -2.24. The fourth-order valence-electron chi connectivity index (χ4n) is 2.02. The number of imidazole rings is 1. The molecule has 0 radical (unpaired) electrons. The SMILES string of the molecule is CS(C)(C)CCOCn1cnc(-c2ccc(C#N)cc2)c1C=O. The van der Waals surface area contributed by atoms with Gasteiger partial charge in [0, 0.05) is 11.3 Å². The quantitative estimate of drug-likeness (QED) is 0.578. The van der Waals surface area contributed by atoms with E-state index in [0.717, 1.165) is 17.6 Å². The van der Waals surface area contributed by atoms with Crippen molar-refractivity contribution in [3.05, 3.63) is 41.9 Å². The molecule has 23 heavy (non-hydrogen) atoms. The second kappa shape index (κ2) is 7.44. The minimum absolute atomic E-state index is 0.312. The van der Waals surface area contributed by atoms with Crippen LogP contribution in [0, 0.1) is 11.3 Å². The normalized spacial score (nSPS) is 11.9. The molecule has 2 rings (SSSR count). The first-order valence-electron chi connectivity index (χ1n) is 7.19. The molecule has 0 aliphatic carbocycles. The maximum Gasteiger partial charge on any atom is 0.168 e. The van der Waals surface area contributed by atoms with Crippen LogP contribution in [0.4, 0.5) is 0 Å². The average Bonchev–Trinajstić information content (AvgIpc) is 2.93. The molecular weight excluding hydrogens is 310 g/mol. The molecule has 0 saturated carbocycles. The summed E-state index contributed by atoms with van der Waals surface area (Å²) in [6, 6.07) is 9.09. The fourth-order valence-corrected chi connectivity index (χ4v) is 2.63. The van der Waals surface area contributed by atoms with Crippen molar-refractivity contribution < 1.29 is 9.53 Å². The van der Waals surface area contributed by atoms with Gasteiger partial charge in [-0.25, -0.2) is 15.0 Å². The summed E-state index contributed by atoms with van der Waals surface area (Å²) in [7, 11) is -0.584. The lowest BCUT2D eigenvalue weighted by atomic mass is 10.1. The number of aromatic nitrogens is 2. The molecule has 5 nitrogen and oxygen atoms in total. The van der Waals surface area contributed by atoms with Crippen molar-refractivity contribution in [3.8, 4) is 17.3 Å². The van der Waals surface area contributed by atoms with Crippen molar-refractivity contribution >= 4 is 16.3 Å². The van der Waals surface area contributed by atoms with Crippen molar-refractivity contribution in [2.24, 2.45) is 0 Å². The summed E-state index contributed by atoms with van der Waals surface area (Å²) in [4.78, 5) is 15.7. The first-order chi connectivity index (χ1) is 10.9. The standard InChI is InChI=1S/C17H21N3O2S/c1-23(2,3)9-8-22-13-20-12-19-17(16(20)11-21)15-6-4-14(10-18)5-7-15/h4-7,11-12H,8-9,13H2,1-3H3. The predicted octanol–water partition coefficient (Wildman–Crippen LogP) is 2.90. The molecule has 0 aliphatic heterocycles. The lowest BCUT2D eigenvalue weighted by molar-refractivity contribution is 0.0857. The zero-order valence-electron chi connectivity index (χ0n) is 13.7. The van der Waals surface area contributed by atoms with Crippen molar-refractivity contribution in [2.75, 3.05) is 31.1 Å². The molecule has 122 valence electrons. The first kappa shape index (κ1) is 17.3. The van der Waals surface area contributed by atoms with Crippen LogP contribution in [0.25, 0.3) is 11.3 Å². The highest BCUT2D eigenvalue weighted by atomic mass is 32.3. The first-order valence-corrected chi connectivity index (χ1v) is 10.2. The second-order valence-corrected chi connectivity index (χ2v) is 10.7. The van der Waals surface area contributed by atoms with Gasteiger partial charge in [-0.05, 0) is 30.9 Å². The largest absolute Gasteiger partial charge is 0.360 e. The molecule has 1 aromatic carbocycles. The number of carbonyl (C=O) groups is 1. The van der Waals surface area contributed by atoms with Crippen LogP contribution in [-0.4, -0.2) is 47.0 Å². The highest BCUT2D eigenvalue weighted by Gasteiger charge is 2.12. The Bertz CT molecular complexity index is 709. The molecule has 1 aromatic heterocycles. The minimum atomic E-state index is -0.584. The van der Waals surface area contributed by atoms with E-state index in [1.54, 1.807) is 35.2 Å². The van der Waals surface area contributed by atoms with Crippen molar-refractivity contribution in [1.82, 2.24) is 9.55 Å². The number of nitrogens with zero attached hydrogens (tertiary/aromatic N) is 3. The summed E-state index contributed by atoms with van der Waals surface area (Å²) < 4.78 is 7.37. The van der Waals surface area contributed by atoms with E-state index in [0.29, 0.717) is 30.3 Å². The zero-order chi connectivity index (χ0) is 16.9. The third-order valence-corrected chi connectivity index (χ3v) is 4.74. The molecule has 0 amide bonds. The average molecular weight is 331 g/mol. The Labute approximate surface area is 138 Å². The summed E-state index contributed by atoms with van der Waals surface area (Å²) >= 11 is 0. The fraction of sp³-hybridized carbons (Fsp3) is 0.353. The van der Waals surface area contributed by atoms with Crippen LogP contribution < -0.4 is 0 Å². The van der Waals surface area contributed by atoms with Gasteiger partial charge in [0.25, 0.3) is 0 Å². The molecule has 0 N–H and O–H groups in total. The molecule has 0 bridgehead atoms. The summed E-state index contributed by atoms with van der Waals surface area (Å²) in [5, 5.41) is 8.84. The van der Waals surface area contributed by atoms with Gasteiger partial charge in [0.15, 0.2) is 6.29 Å². The summed E-state index contributed by atoms with van der Waals surface area (Å²) in [5.41, 5.74) is 2.48. The Morgan fingerprint density at radius 1 is 1.30 bits per heavy atom. The van der Waals surface area contributed by atoms with Crippen LogP contribution >= 0.6 is 10.0 Å². The maximum absolute atomic E-state index is 11.4. The number of aldehydes is 1. The Kier molecular flexibility index (Phi) is 5.59. The van der Waals surface area contributed by atoms with E-state index >= 15 is 0 Å². The molecule has 2 aromatic rings. The number of rotatable bonds is 7. The molecule has 0 fully saturated rings. The molecule has 6 heteroatoms. The van der Waals surface area contributed by atoms with Crippen LogP contribution in [0.2, 0.25) is 0 Å². The summed E-state index contributed by atoms with van der Waals surface area (Å²) in [6.45, 7) is 0.981. The van der Waals surface area contributed by atoms with Gasteiger partial charge in [-0.3, -0.25) is 4.79 Å². The molecule has 0 unspecified atom stereocenters. The topological polar surface area (TPSA) is 67.9 Å². The van der Waals surface area contributed by atoms with E-state index in [1.165, 1.54) is 0 Å². The Morgan fingerprint density at radius 2 is 2.00 bits per heavy atom. The van der Waals surface area contributed by atoms with Gasteiger partial charge in [-0.2, -0.15) is 5.26 Å². The van der Waals surface area contributed by atoms with Gasteiger partial charge >= 0.3 is 0 Å². The van der Waals surface area contributed by atoms with Gasteiger partial charge < -0.3 is 9.30 Å². The van der Waals surface area contributed by atoms with Gasteiger partial charge in [-0.15, -0.1) is 0 Å². The van der Waals surface area contributed by atoms with E-state index in [1.807, 2.05) is 0 Å². The minimum Gasteiger partial charge on any atom is -0.360 e. The van der Waals surface area contributed by atoms with E-state index in [-0.39, 0.29) is 0 Å². The van der Waals surface area contributed by atoms with Gasteiger partial charge in [0.1, 0.15) is 12.4 Å². The zero-order valence-corrected chi connectivity index (χ0v) is 14.5. The van der Waals surface area contributed by atoms with Crippen LogP contribution in [-0.2, 0) is 11.5 Å². The number of ether oxygens (including phenoxy) is 1. The Balaban J connectivity index is 2.10. The van der Waals surface area contributed by atoms with Crippen LogP contribution in [0.5, 0.6) is 0 Å². The lowest BCUT2D eigenvalue weighted by Crippen LogP contribution is -2.11. The van der Waals surface area contributed by atoms with Gasteiger partial charge in [0.05, 0.1) is 30.3 Å². The molecule has 0 aliphatic rings. The number of hydrogen-bond donors (Lipinski definition) is 0. The maximum atomic E-state index is 11.4. The number of nitriles is 1. The van der Waals surface area contributed by atoms with Crippen molar-refractivity contribution in [1.29, 1.82) is 5.26 Å². The number of hydrogen-bond acceptors (Lipinski definition) is 4. The number of carbonyl (C=O) groups excluding carboxylic acids is 1. The Morgan fingerprint density at radius 3 is 2.57 bits per heavy atom. The third kappa shape index (κ3) is 4.68. The van der Waals surface area contributed by atoms with E-state index in [9.17, 15) is 4.79 Å². The molecule has 0 spiro atoms. The summed E-state index contributed by atoms with van der Waals surface area (Å²) in [5.74, 6) is 1.03.